The van der Waals surface area contributed by atoms with E-state index in [1.165, 1.54) is 0 Å². The van der Waals surface area contributed by atoms with Crippen molar-refractivity contribution in [3.05, 3.63) is 24.0 Å². The second kappa shape index (κ2) is 5.30. The van der Waals surface area contributed by atoms with E-state index in [0.717, 1.165) is 38.0 Å². The van der Waals surface area contributed by atoms with E-state index < -0.39 is 0 Å². The quantitative estimate of drug-likeness (QED) is 0.716. The Morgan fingerprint density at radius 2 is 2.50 bits per heavy atom. The SMILES string of the molecule is CCCC(=O)c1ccn(CC2CCCO2)c1. The average molecular weight is 221 g/mol. The van der Waals surface area contributed by atoms with Crippen LogP contribution < -0.4 is 0 Å². The largest absolute Gasteiger partial charge is 0.376 e. The second-order valence-corrected chi connectivity index (χ2v) is 4.41. The molecule has 1 fully saturated rings. The molecule has 1 aliphatic heterocycles. The zero-order valence-corrected chi connectivity index (χ0v) is 9.82. The number of hydrogen-bond donors (Lipinski definition) is 0. The Balaban J connectivity index is 1.93. The summed E-state index contributed by atoms with van der Waals surface area (Å²) in [5, 5.41) is 0. The monoisotopic (exact) mass is 221 g/mol. The van der Waals surface area contributed by atoms with Crippen LogP contribution in [0.15, 0.2) is 18.5 Å². The number of rotatable bonds is 5. The maximum Gasteiger partial charge on any atom is 0.164 e. The Hall–Kier alpha value is -1.09. The van der Waals surface area contributed by atoms with Gasteiger partial charge in [0.1, 0.15) is 0 Å². The minimum absolute atomic E-state index is 0.244. The van der Waals surface area contributed by atoms with E-state index in [-0.39, 0.29) is 5.78 Å². The smallest absolute Gasteiger partial charge is 0.164 e. The highest BCUT2D eigenvalue weighted by Gasteiger charge is 2.16. The van der Waals surface area contributed by atoms with E-state index >= 15 is 0 Å². The van der Waals surface area contributed by atoms with Crippen LogP contribution in [-0.2, 0) is 11.3 Å². The number of carbonyl (C=O) groups excluding carboxylic acids is 1. The van der Waals surface area contributed by atoms with E-state index in [2.05, 4.69) is 4.57 Å². The van der Waals surface area contributed by atoms with Crippen LogP contribution in [0.5, 0.6) is 0 Å². The van der Waals surface area contributed by atoms with Crippen LogP contribution in [0.4, 0.5) is 0 Å². The lowest BCUT2D eigenvalue weighted by atomic mass is 10.1. The minimum Gasteiger partial charge on any atom is -0.376 e. The van der Waals surface area contributed by atoms with Crippen LogP contribution in [0.1, 0.15) is 43.0 Å². The molecule has 0 amide bonds. The first-order chi connectivity index (χ1) is 7.79. The molecule has 2 heterocycles. The van der Waals surface area contributed by atoms with Crippen molar-refractivity contribution in [3.63, 3.8) is 0 Å². The third kappa shape index (κ3) is 2.73. The summed E-state index contributed by atoms with van der Waals surface area (Å²) in [5.74, 6) is 0.244. The summed E-state index contributed by atoms with van der Waals surface area (Å²) >= 11 is 0. The molecule has 1 aliphatic rings. The van der Waals surface area contributed by atoms with Gasteiger partial charge in [-0.15, -0.1) is 0 Å². The van der Waals surface area contributed by atoms with Gasteiger partial charge in [-0.1, -0.05) is 6.92 Å². The molecule has 1 aromatic heterocycles. The van der Waals surface area contributed by atoms with Gasteiger partial charge in [0, 0.05) is 37.5 Å². The Bertz CT molecular complexity index is 351. The fourth-order valence-electron chi connectivity index (χ4n) is 2.11. The first-order valence-electron chi connectivity index (χ1n) is 6.10. The molecule has 0 aliphatic carbocycles. The summed E-state index contributed by atoms with van der Waals surface area (Å²) < 4.78 is 7.64. The van der Waals surface area contributed by atoms with Crippen LogP contribution in [0.3, 0.4) is 0 Å². The van der Waals surface area contributed by atoms with Crippen molar-refractivity contribution in [3.8, 4) is 0 Å². The summed E-state index contributed by atoms with van der Waals surface area (Å²) in [5.41, 5.74) is 0.833. The highest BCUT2D eigenvalue weighted by molar-refractivity contribution is 5.95. The molecular weight excluding hydrogens is 202 g/mol. The van der Waals surface area contributed by atoms with Crippen LogP contribution in [0.25, 0.3) is 0 Å². The zero-order valence-electron chi connectivity index (χ0n) is 9.82. The van der Waals surface area contributed by atoms with E-state index in [4.69, 9.17) is 4.74 Å². The third-order valence-corrected chi connectivity index (χ3v) is 2.99. The molecule has 0 radical (unpaired) electrons. The topological polar surface area (TPSA) is 31.2 Å². The second-order valence-electron chi connectivity index (χ2n) is 4.41. The van der Waals surface area contributed by atoms with Crippen molar-refractivity contribution in [2.45, 2.75) is 45.3 Å². The molecule has 3 heteroatoms. The number of ether oxygens (including phenoxy) is 1. The fraction of sp³-hybridized carbons (Fsp3) is 0.615. The summed E-state index contributed by atoms with van der Waals surface area (Å²) in [6, 6.07) is 1.91. The Labute approximate surface area is 96.4 Å². The van der Waals surface area contributed by atoms with Crippen molar-refractivity contribution < 1.29 is 9.53 Å². The van der Waals surface area contributed by atoms with Gasteiger partial charge in [-0.05, 0) is 25.3 Å². The molecule has 1 aromatic rings. The van der Waals surface area contributed by atoms with Crippen LogP contribution in [0, 0.1) is 0 Å². The van der Waals surface area contributed by atoms with Crippen LogP contribution in [-0.4, -0.2) is 23.1 Å². The molecule has 1 saturated heterocycles. The average Bonchev–Trinajstić information content (AvgIpc) is 2.90. The number of aromatic nitrogens is 1. The van der Waals surface area contributed by atoms with Crippen molar-refractivity contribution in [2.75, 3.05) is 6.61 Å². The lowest BCUT2D eigenvalue weighted by Gasteiger charge is -2.09. The molecule has 0 bridgehead atoms. The number of hydrogen-bond acceptors (Lipinski definition) is 2. The third-order valence-electron chi connectivity index (χ3n) is 2.99. The molecular formula is C13H19NO2. The highest BCUT2D eigenvalue weighted by atomic mass is 16.5. The Morgan fingerprint density at radius 3 is 3.19 bits per heavy atom. The summed E-state index contributed by atoms with van der Waals surface area (Å²) in [4.78, 5) is 11.7. The predicted molar refractivity (Wildman–Crippen MR) is 62.6 cm³/mol. The van der Waals surface area contributed by atoms with Gasteiger partial charge in [-0.3, -0.25) is 4.79 Å². The van der Waals surface area contributed by atoms with Crippen molar-refractivity contribution in [1.29, 1.82) is 0 Å². The van der Waals surface area contributed by atoms with Crippen molar-refractivity contribution in [1.82, 2.24) is 4.57 Å². The molecule has 1 atom stereocenters. The van der Waals surface area contributed by atoms with Gasteiger partial charge < -0.3 is 9.30 Å². The zero-order chi connectivity index (χ0) is 11.4. The maximum atomic E-state index is 11.7. The van der Waals surface area contributed by atoms with E-state index in [1.54, 1.807) is 0 Å². The normalized spacial score (nSPS) is 20.2. The first kappa shape index (κ1) is 11.4. The molecule has 1 unspecified atom stereocenters. The molecule has 0 N–H and O–H groups in total. The molecule has 16 heavy (non-hydrogen) atoms. The predicted octanol–water partition coefficient (Wildman–Crippen LogP) is 2.65. The molecule has 0 aromatic carbocycles. The van der Waals surface area contributed by atoms with Gasteiger partial charge in [-0.25, -0.2) is 0 Å². The number of Topliss-reactive ketones (excluding diaryl/α,β-unsaturated/α-hetero) is 1. The van der Waals surface area contributed by atoms with E-state index in [1.807, 2.05) is 25.4 Å². The van der Waals surface area contributed by atoms with Gasteiger partial charge in [0.05, 0.1) is 6.10 Å². The lowest BCUT2D eigenvalue weighted by molar-refractivity contribution is 0.0959. The van der Waals surface area contributed by atoms with E-state index in [0.29, 0.717) is 12.5 Å². The summed E-state index contributed by atoms with van der Waals surface area (Å²) in [6.45, 7) is 3.79. The Kier molecular flexibility index (Phi) is 3.78. The number of nitrogens with zero attached hydrogens (tertiary/aromatic N) is 1. The standard InChI is InChI=1S/C13H19NO2/c1-2-4-13(15)11-6-7-14(9-11)10-12-5-3-8-16-12/h6-7,9,12H,2-5,8,10H2,1H3. The van der Waals surface area contributed by atoms with Gasteiger partial charge >= 0.3 is 0 Å². The van der Waals surface area contributed by atoms with Crippen LogP contribution in [0.2, 0.25) is 0 Å². The lowest BCUT2D eigenvalue weighted by Crippen LogP contribution is -2.13. The molecule has 88 valence electrons. The van der Waals surface area contributed by atoms with Crippen LogP contribution >= 0.6 is 0 Å². The summed E-state index contributed by atoms with van der Waals surface area (Å²) in [6.07, 6.45) is 8.11. The molecule has 2 rings (SSSR count). The fourth-order valence-corrected chi connectivity index (χ4v) is 2.11. The first-order valence-corrected chi connectivity index (χ1v) is 6.10. The molecule has 3 nitrogen and oxygen atoms in total. The van der Waals surface area contributed by atoms with Crippen molar-refractivity contribution in [2.24, 2.45) is 0 Å². The van der Waals surface area contributed by atoms with Crippen molar-refractivity contribution >= 4 is 5.78 Å². The molecule has 0 saturated carbocycles. The summed E-state index contributed by atoms with van der Waals surface area (Å²) in [7, 11) is 0. The highest BCUT2D eigenvalue weighted by Crippen LogP contribution is 2.15. The van der Waals surface area contributed by atoms with Gasteiger partial charge in [0.15, 0.2) is 5.78 Å². The van der Waals surface area contributed by atoms with E-state index in [9.17, 15) is 4.79 Å². The number of carbonyl (C=O) groups is 1. The minimum atomic E-state index is 0.244. The maximum absolute atomic E-state index is 11.7. The van der Waals surface area contributed by atoms with Gasteiger partial charge in [0.25, 0.3) is 0 Å². The number of ketones is 1. The van der Waals surface area contributed by atoms with Gasteiger partial charge in [-0.2, -0.15) is 0 Å². The Morgan fingerprint density at radius 1 is 1.62 bits per heavy atom. The van der Waals surface area contributed by atoms with Gasteiger partial charge in [0.2, 0.25) is 0 Å². The molecule has 0 spiro atoms.